The van der Waals surface area contributed by atoms with Crippen molar-refractivity contribution >= 4 is 34.9 Å². The Morgan fingerprint density at radius 1 is 1.05 bits per heavy atom. The summed E-state index contributed by atoms with van der Waals surface area (Å²) in [7, 11) is 0. The first-order valence-electron chi connectivity index (χ1n) is 6.32. The molecule has 8 N–H and O–H groups in total. The highest BCUT2D eigenvalue weighted by atomic mass is 35.5. The van der Waals surface area contributed by atoms with E-state index in [0.29, 0.717) is 53.1 Å². The Balaban J connectivity index is 1.90. The van der Waals surface area contributed by atoms with Crippen molar-refractivity contribution < 1.29 is 4.74 Å². The van der Waals surface area contributed by atoms with Gasteiger partial charge in [0.2, 0.25) is 5.95 Å². The molecule has 0 spiro atoms. The SMILES string of the molecule is Nc1ccc(OCCCc2c(N)nc(N)nc2N)c(Cl)c1. The number of nitrogen functional groups attached to an aromatic ring is 4. The van der Waals surface area contributed by atoms with Gasteiger partial charge in [-0.15, -0.1) is 0 Å². The summed E-state index contributed by atoms with van der Waals surface area (Å²) in [6, 6.07) is 5.10. The Morgan fingerprint density at radius 3 is 2.33 bits per heavy atom. The van der Waals surface area contributed by atoms with Crippen LogP contribution in [-0.4, -0.2) is 16.6 Å². The third-order valence-corrected chi connectivity index (χ3v) is 3.17. The van der Waals surface area contributed by atoms with Gasteiger partial charge in [0.1, 0.15) is 17.4 Å². The molecule has 0 amide bonds. The van der Waals surface area contributed by atoms with E-state index >= 15 is 0 Å². The lowest BCUT2D eigenvalue weighted by atomic mass is 10.1. The van der Waals surface area contributed by atoms with Crippen LogP contribution in [0.15, 0.2) is 18.2 Å². The predicted molar refractivity (Wildman–Crippen MR) is 84.9 cm³/mol. The Bertz CT molecular complexity index is 626. The third-order valence-electron chi connectivity index (χ3n) is 2.87. The van der Waals surface area contributed by atoms with Crippen LogP contribution in [0.1, 0.15) is 12.0 Å². The van der Waals surface area contributed by atoms with E-state index in [1.165, 1.54) is 0 Å². The Labute approximate surface area is 127 Å². The average Bonchev–Trinajstić information content (AvgIpc) is 2.38. The van der Waals surface area contributed by atoms with E-state index in [1.54, 1.807) is 18.2 Å². The molecule has 0 radical (unpaired) electrons. The second kappa shape index (κ2) is 6.36. The lowest BCUT2D eigenvalue weighted by Crippen LogP contribution is -2.10. The van der Waals surface area contributed by atoms with E-state index in [0.717, 1.165) is 0 Å². The molecule has 0 aliphatic rings. The molecule has 0 aliphatic heterocycles. The smallest absolute Gasteiger partial charge is 0.223 e. The Hall–Kier alpha value is -2.41. The van der Waals surface area contributed by atoms with Crippen LogP contribution in [-0.2, 0) is 6.42 Å². The molecule has 21 heavy (non-hydrogen) atoms. The average molecular weight is 309 g/mol. The first-order chi connectivity index (χ1) is 9.97. The van der Waals surface area contributed by atoms with E-state index in [4.69, 9.17) is 39.3 Å². The highest BCUT2D eigenvalue weighted by Crippen LogP contribution is 2.26. The van der Waals surface area contributed by atoms with Crippen LogP contribution in [0.25, 0.3) is 0 Å². The number of rotatable bonds is 5. The lowest BCUT2D eigenvalue weighted by molar-refractivity contribution is 0.311. The molecule has 7 nitrogen and oxygen atoms in total. The zero-order valence-corrected chi connectivity index (χ0v) is 12.1. The van der Waals surface area contributed by atoms with Crippen LogP contribution in [0.2, 0.25) is 5.02 Å². The van der Waals surface area contributed by atoms with Crippen LogP contribution >= 0.6 is 11.6 Å². The molecular formula is C13H17ClN6O. The van der Waals surface area contributed by atoms with Crippen molar-refractivity contribution in [2.75, 3.05) is 29.5 Å². The van der Waals surface area contributed by atoms with E-state index in [9.17, 15) is 0 Å². The summed E-state index contributed by atoms with van der Waals surface area (Å²) < 4.78 is 5.58. The fraction of sp³-hybridized carbons (Fsp3) is 0.231. The molecule has 0 atom stereocenters. The van der Waals surface area contributed by atoms with Gasteiger partial charge in [0.15, 0.2) is 0 Å². The molecule has 1 heterocycles. The van der Waals surface area contributed by atoms with Crippen molar-refractivity contribution in [3.05, 3.63) is 28.8 Å². The topological polar surface area (TPSA) is 139 Å². The molecule has 0 saturated heterocycles. The Kier molecular flexibility index (Phi) is 4.54. The fourth-order valence-corrected chi connectivity index (χ4v) is 2.10. The quantitative estimate of drug-likeness (QED) is 0.484. The van der Waals surface area contributed by atoms with Crippen molar-refractivity contribution in [1.29, 1.82) is 0 Å². The lowest BCUT2D eigenvalue weighted by Gasteiger charge is -2.10. The van der Waals surface area contributed by atoms with Gasteiger partial charge >= 0.3 is 0 Å². The zero-order chi connectivity index (χ0) is 15.4. The van der Waals surface area contributed by atoms with Crippen LogP contribution in [0.5, 0.6) is 5.75 Å². The number of hydrogen-bond acceptors (Lipinski definition) is 7. The second-order valence-corrected chi connectivity index (χ2v) is 4.88. The standard InChI is InChI=1S/C13H17ClN6O/c14-9-6-7(15)3-4-10(9)21-5-1-2-8-11(16)19-13(18)20-12(8)17/h3-4,6H,1-2,5,15H2,(H6,16,17,18,19,20). The maximum absolute atomic E-state index is 6.01. The van der Waals surface area contributed by atoms with Crippen LogP contribution in [0, 0.1) is 0 Å². The Morgan fingerprint density at radius 2 is 1.71 bits per heavy atom. The van der Waals surface area contributed by atoms with Gasteiger partial charge in [-0.3, -0.25) is 0 Å². The largest absolute Gasteiger partial charge is 0.492 e. The monoisotopic (exact) mass is 308 g/mol. The van der Waals surface area contributed by atoms with Gasteiger partial charge in [0, 0.05) is 11.3 Å². The summed E-state index contributed by atoms with van der Waals surface area (Å²) in [6.45, 7) is 0.451. The van der Waals surface area contributed by atoms with Crippen LogP contribution < -0.4 is 27.7 Å². The normalized spacial score (nSPS) is 10.5. The minimum absolute atomic E-state index is 0.0682. The van der Waals surface area contributed by atoms with E-state index in [2.05, 4.69) is 9.97 Å². The summed E-state index contributed by atoms with van der Waals surface area (Å²) in [5.74, 6) is 1.25. The van der Waals surface area contributed by atoms with E-state index in [1.807, 2.05) is 0 Å². The third kappa shape index (κ3) is 3.79. The summed E-state index contributed by atoms with van der Waals surface area (Å²) in [6.07, 6.45) is 1.27. The van der Waals surface area contributed by atoms with Crippen molar-refractivity contribution in [1.82, 2.24) is 9.97 Å². The summed E-state index contributed by atoms with van der Waals surface area (Å²) in [5.41, 5.74) is 23.9. The van der Waals surface area contributed by atoms with E-state index < -0.39 is 0 Å². The molecule has 0 saturated carbocycles. The molecule has 1 aromatic carbocycles. The van der Waals surface area contributed by atoms with Crippen molar-refractivity contribution in [3.8, 4) is 5.75 Å². The molecule has 0 bridgehead atoms. The molecule has 0 fully saturated rings. The maximum Gasteiger partial charge on any atom is 0.223 e. The first-order valence-corrected chi connectivity index (χ1v) is 6.70. The molecular weight excluding hydrogens is 292 g/mol. The predicted octanol–water partition coefficient (Wildman–Crippen LogP) is 1.47. The van der Waals surface area contributed by atoms with Gasteiger partial charge < -0.3 is 27.7 Å². The van der Waals surface area contributed by atoms with Crippen LogP contribution in [0.3, 0.4) is 0 Å². The molecule has 2 aromatic rings. The highest BCUT2D eigenvalue weighted by Gasteiger charge is 2.09. The molecule has 0 aliphatic carbocycles. The van der Waals surface area contributed by atoms with Gasteiger partial charge in [0.05, 0.1) is 11.6 Å². The molecule has 1 aromatic heterocycles. The molecule has 112 valence electrons. The summed E-state index contributed by atoms with van der Waals surface area (Å²) in [5, 5.41) is 0.477. The maximum atomic E-state index is 6.01. The summed E-state index contributed by atoms with van der Waals surface area (Å²) >= 11 is 6.01. The second-order valence-electron chi connectivity index (χ2n) is 4.47. The van der Waals surface area contributed by atoms with Crippen molar-refractivity contribution in [2.24, 2.45) is 0 Å². The number of benzene rings is 1. The number of anilines is 4. The van der Waals surface area contributed by atoms with Crippen LogP contribution in [0.4, 0.5) is 23.3 Å². The van der Waals surface area contributed by atoms with Gasteiger partial charge in [-0.2, -0.15) is 9.97 Å². The molecule has 0 unspecified atom stereocenters. The molecule has 2 rings (SSSR count). The number of halogens is 1. The van der Waals surface area contributed by atoms with Gasteiger partial charge in [-0.25, -0.2) is 0 Å². The number of nitrogens with two attached hydrogens (primary N) is 4. The van der Waals surface area contributed by atoms with Gasteiger partial charge in [-0.05, 0) is 31.0 Å². The highest BCUT2D eigenvalue weighted by molar-refractivity contribution is 6.32. The molecule has 8 heteroatoms. The minimum atomic E-state index is 0.0682. The van der Waals surface area contributed by atoms with Crippen molar-refractivity contribution in [3.63, 3.8) is 0 Å². The van der Waals surface area contributed by atoms with Gasteiger partial charge in [-0.1, -0.05) is 11.6 Å². The fourth-order valence-electron chi connectivity index (χ4n) is 1.86. The number of hydrogen-bond donors (Lipinski definition) is 4. The zero-order valence-electron chi connectivity index (χ0n) is 11.3. The van der Waals surface area contributed by atoms with E-state index in [-0.39, 0.29) is 5.95 Å². The number of nitrogens with zero attached hydrogens (tertiary/aromatic N) is 2. The first kappa shape index (κ1) is 15.0. The van der Waals surface area contributed by atoms with Gasteiger partial charge in [0.25, 0.3) is 0 Å². The number of ether oxygens (including phenoxy) is 1. The van der Waals surface area contributed by atoms with Crippen molar-refractivity contribution in [2.45, 2.75) is 12.8 Å². The number of aromatic nitrogens is 2. The minimum Gasteiger partial charge on any atom is -0.492 e. The summed E-state index contributed by atoms with van der Waals surface area (Å²) in [4.78, 5) is 7.77.